The van der Waals surface area contributed by atoms with Crippen molar-refractivity contribution in [1.82, 2.24) is 0 Å². The molecule has 1 aromatic heterocycles. The van der Waals surface area contributed by atoms with Gasteiger partial charge in [0, 0.05) is 6.07 Å². The first kappa shape index (κ1) is 16.6. The number of hydrogen-bond donors (Lipinski definition) is 0. The van der Waals surface area contributed by atoms with Crippen molar-refractivity contribution < 1.29 is 28.2 Å². The number of esters is 1. The molecular weight excluding hydrogens is 328 g/mol. The number of carbonyl (C=O) groups excluding carboxylic acids is 1. The van der Waals surface area contributed by atoms with Gasteiger partial charge in [0.1, 0.15) is 39.2 Å². The molecule has 0 unspecified atom stereocenters. The van der Waals surface area contributed by atoms with Crippen molar-refractivity contribution in [3.8, 4) is 17.2 Å². The Balaban J connectivity index is 2.61. The predicted molar refractivity (Wildman–Crippen MR) is 91.0 cm³/mol. The van der Waals surface area contributed by atoms with E-state index in [-0.39, 0.29) is 44.4 Å². The molecule has 0 saturated heterocycles. The predicted octanol–water partition coefficient (Wildman–Crippen LogP) is 2.76. The van der Waals surface area contributed by atoms with Gasteiger partial charge < -0.3 is 23.4 Å². The lowest BCUT2D eigenvalue weighted by atomic mass is 10.1. The number of hydrogen-bond acceptors (Lipinski definition) is 7. The standard InChI is InChI=1S/C18H16O7/c1-21-9-6-5-7-10-13(9)16(19)14-11(22-2)8-12(23-3)15(17(14)25-10)18(20)24-4/h5-8H,1-4H3. The molecule has 25 heavy (non-hydrogen) atoms. The van der Waals surface area contributed by atoms with Crippen LogP contribution < -0.4 is 19.6 Å². The highest BCUT2D eigenvalue weighted by Gasteiger charge is 2.26. The maximum absolute atomic E-state index is 13.1. The molecule has 2 aromatic carbocycles. The molecular formula is C18H16O7. The van der Waals surface area contributed by atoms with E-state index in [0.29, 0.717) is 5.75 Å². The monoisotopic (exact) mass is 344 g/mol. The molecule has 130 valence electrons. The number of methoxy groups -OCH3 is 4. The highest BCUT2D eigenvalue weighted by Crippen LogP contribution is 2.37. The number of fused-ring (bicyclic) bond motifs is 2. The van der Waals surface area contributed by atoms with E-state index < -0.39 is 5.97 Å². The second-order valence-electron chi connectivity index (χ2n) is 5.12. The Hall–Kier alpha value is -3.22. The Morgan fingerprint density at radius 1 is 0.920 bits per heavy atom. The van der Waals surface area contributed by atoms with Crippen LogP contribution in [0.25, 0.3) is 21.9 Å². The lowest BCUT2D eigenvalue weighted by Crippen LogP contribution is -2.11. The van der Waals surface area contributed by atoms with Crippen molar-refractivity contribution in [3.05, 3.63) is 40.1 Å². The molecule has 0 atom stereocenters. The number of rotatable bonds is 4. The normalized spacial score (nSPS) is 10.7. The maximum Gasteiger partial charge on any atom is 0.345 e. The van der Waals surface area contributed by atoms with E-state index in [9.17, 15) is 9.59 Å². The van der Waals surface area contributed by atoms with Gasteiger partial charge in [-0.05, 0) is 12.1 Å². The van der Waals surface area contributed by atoms with Gasteiger partial charge in [0.25, 0.3) is 0 Å². The van der Waals surface area contributed by atoms with Crippen molar-refractivity contribution in [1.29, 1.82) is 0 Å². The Bertz CT molecular complexity index is 1030. The molecule has 0 radical (unpaired) electrons. The van der Waals surface area contributed by atoms with Gasteiger partial charge in [0.05, 0.1) is 28.4 Å². The number of ether oxygens (including phenoxy) is 4. The van der Waals surface area contributed by atoms with Crippen LogP contribution in [0.15, 0.2) is 33.5 Å². The van der Waals surface area contributed by atoms with E-state index in [2.05, 4.69) is 0 Å². The molecule has 7 nitrogen and oxygen atoms in total. The van der Waals surface area contributed by atoms with E-state index in [1.165, 1.54) is 34.5 Å². The lowest BCUT2D eigenvalue weighted by Gasteiger charge is -2.14. The number of carbonyl (C=O) groups is 1. The summed E-state index contributed by atoms with van der Waals surface area (Å²) in [5.74, 6) is 0.0863. The molecule has 3 aromatic rings. The topological polar surface area (TPSA) is 84.2 Å². The van der Waals surface area contributed by atoms with Crippen molar-refractivity contribution in [2.75, 3.05) is 28.4 Å². The SMILES string of the molecule is COC(=O)c1c(OC)cc(OC)c2c(=O)c3c(OC)cccc3oc12. The molecule has 0 aliphatic heterocycles. The first-order chi connectivity index (χ1) is 12.1. The van der Waals surface area contributed by atoms with Gasteiger partial charge in [-0.2, -0.15) is 0 Å². The third-order valence-corrected chi connectivity index (χ3v) is 3.91. The zero-order valence-electron chi connectivity index (χ0n) is 14.2. The Labute approximate surface area is 142 Å². The summed E-state index contributed by atoms with van der Waals surface area (Å²) in [6.07, 6.45) is 0. The molecule has 0 aliphatic rings. The fourth-order valence-electron chi connectivity index (χ4n) is 2.77. The van der Waals surface area contributed by atoms with Gasteiger partial charge in [-0.1, -0.05) is 6.07 Å². The first-order valence-corrected chi connectivity index (χ1v) is 7.34. The summed E-state index contributed by atoms with van der Waals surface area (Å²) in [4.78, 5) is 25.3. The highest BCUT2D eigenvalue weighted by atomic mass is 16.5. The van der Waals surface area contributed by atoms with Gasteiger partial charge in [0.15, 0.2) is 5.58 Å². The first-order valence-electron chi connectivity index (χ1n) is 7.34. The fourth-order valence-corrected chi connectivity index (χ4v) is 2.77. The van der Waals surface area contributed by atoms with E-state index in [4.69, 9.17) is 23.4 Å². The molecule has 0 fully saturated rings. The van der Waals surface area contributed by atoms with E-state index >= 15 is 0 Å². The number of benzene rings is 2. The molecule has 0 bridgehead atoms. The van der Waals surface area contributed by atoms with E-state index in [0.717, 1.165) is 0 Å². The maximum atomic E-state index is 13.1. The van der Waals surface area contributed by atoms with Gasteiger partial charge in [-0.3, -0.25) is 4.79 Å². The van der Waals surface area contributed by atoms with Crippen LogP contribution in [0.3, 0.4) is 0 Å². The van der Waals surface area contributed by atoms with Crippen LogP contribution in [0.5, 0.6) is 17.2 Å². The highest BCUT2D eigenvalue weighted by molar-refractivity contribution is 6.08. The van der Waals surface area contributed by atoms with E-state index in [1.54, 1.807) is 18.2 Å². The minimum Gasteiger partial charge on any atom is -0.496 e. The zero-order valence-corrected chi connectivity index (χ0v) is 14.2. The molecule has 1 heterocycles. The summed E-state index contributed by atoms with van der Waals surface area (Å²) >= 11 is 0. The summed E-state index contributed by atoms with van der Waals surface area (Å²) in [5.41, 5.74) is -0.0490. The average Bonchev–Trinajstić information content (AvgIpc) is 2.65. The molecule has 3 rings (SSSR count). The van der Waals surface area contributed by atoms with Crippen molar-refractivity contribution in [3.63, 3.8) is 0 Å². The summed E-state index contributed by atoms with van der Waals surface area (Å²) in [7, 11) is 5.51. The molecule has 0 spiro atoms. The largest absolute Gasteiger partial charge is 0.496 e. The van der Waals surface area contributed by atoms with Gasteiger partial charge >= 0.3 is 5.97 Å². The summed E-state index contributed by atoms with van der Waals surface area (Å²) < 4.78 is 26.5. The van der Waals surface area contributed by atoms with Crippen LogP contribution in [0.2, 0.25) is 0 Å². The third-order valence-electron chi connectivity index (χ3n) is 3.91. The fraction of sp³-hybridized carbons (Fsp3) is 0.222. The quantitative estimate of drug-likeness (QED) is 0.531. The van der Waals surface area contributed by atoms with Crippen LogP contribution in [0.1, 0.15) is 10.4 Å². The minimum absolute atomic E-state index is 0.0163. The second-order valence-corrected chi connectivity index (χ2v) is 5.12. The van der Waals surface area contributed by atoms with Crippen LogP contribution in [0.4, 0.5) is 0 Å². The lowest BCUT2D eigenvalue weighted by molar-refractivity contribution is 0.0598. The second kappa shape index (κ2) is 6.35. The Morgan fingerprint density at radius 3 is 2.20 bits per heavy atom. The summed E-state index contributed by atoms with van der Waals surface area (Å²) in [5, 5.41) is 0.373. The molecule has 0 aliphatic carbocycles. The summed E-state index contributed by atoms with van der Waals surface area (Å²) in [6.45, 7) is 0. The van der Waals surface area contributed by atoms with Crippen LogP contribution >= 0.6 is 0 Å². The van der Waals surface area contributed by atoms with Crippen LogP contribution in [-0.4, -0.2) is 34.4 Å². The summed E-state index contributed by atoms with van der Waals surface area (Å²) in [6, 6.07) is 6.41. The Morgan fingerprint density at radius 2 is 1.60 bits per heavy atom. The van der Waals surface area contributed by atoms with Gasteiger partial charge in [-0.25, -0.2) is 4.79 Å². The third kappa shape index (κ3) is 2.44. The van der Waals surface area contributed by atoms with Crippen molar-refractivity contribution >= 4 is 27.9 Å². The smallest absolute Gasteiger partial charge is 0.345 e. The van der Waals surface area contributed by atoms with Crippen molar-refractivity contribution in [2.45, 2.75) is 0 Å². The molecule has 0 saturated carbocycles. The minimum atomic E-state index is -0.685. The Kier molecular flexibility index (Phi) is 4.22. The van der Waals surface area contributed by atoms with Gasteiger partial charge in [-0.15, -0.1) is 0 Å². The van der Waals surface area contributed by atoms with Crippen molar-refractivity contribution in [2.24, 2.45) is 0 Å². The molecule has 7 heteroatoms. The van der Waals surface area contributed by atoms with Gasteiger partial charge in [0.2, 0.25) is 5.43 Å². The average molecular weight is 344 g/mol. The zero-order chi connectivity index (χ0) is 18.1. The molecule has 0 N–H and O–H groups in total. The molecule has 0 amide bonds. The van der Waals surface area contributed by atoms with Crippen LogP contribution in [-0.2, 0) is 4.74 Å². The van der Waals surface area contributed by atoms with E-state index in [1.807, 2.05) is 0 Å². The van der Waals surface area contributed by atoms with Crippen LogP contribution in [0, 0.1) is 0 Å².